The third kappa shape index (κ3) is 3.60. The fourth-order valence-corrected chi connectivity index (χ4v) is 1.63. The molecule has 0 bridgehead atoms. The van der Waals surface area contributed by atoms with Crippen LogP contribution in [0.25, 0.3) is 0 Å². The van der Waals surface area contributed by atoms with Gasteiger partial charge in [-0.1, -0.05) is 0 Å². The van der Waals surface area contributed by atoms with E-state index in [1.54, 1.807) is 0 Å². The normalized spacial score (nSPS) is 10.5. The first-order valence-corrected chi connectivity index (χ1v) is 6.36. The Balaban J connectivity index is 2.05. The second kappa shape index (κ2) is 7.16. The lowest BCUT2D eigenvalue weighted by Gasteiger charge is -2.09. The number of nitro groups is 1. The second-order valence-electron chi connectivity index (χ2n) is 4.46. The Labute approximate surface area is 139 Å². The molecule has 0 spiro atoms. The van der Waals surface area contributed by atoms with E-state index in [-0.39, 0.29) is 0 Å². The van der Waals surface area contributed by atoms with Crippen molar-refractivity contribution in [2.45, 2.75) is 0 Å². The highest BCUT2D eigenvalue weighted by atomic mass is 19.2. The van der Waals surface area contributed by atoms with E-state index in [1.807, 2.05) is 0 Å². The Hall–Kier alpha value is -3.51. The number of anilines is 1. The Bertz CT molecular complexity index is 884. The molecule has 1 heterocycles. The lowest BCUT2D eigenvalue weighted by atomic mass is 10.2. The van der Waals surface area contributed by atoms with Crippen molar-refractivity contribution >= 4 is 23.4 Å². The first-order valence-electron chi connectivity index (χ1n) is 6.36. The molecule has 1 aromatic heterocycles. The van der Waals surface area contributed by atoms with Crippen LogP contribution in [0.15, 0.2) is 16.5 Å². The number of furan rings is 1. The Kier molecular flexibility index (Phi) is 5.19. The van der Waals surface area contributed by atoms with Crippen LogP contribution in [0.4, 0.5) is 33.5 Å². The highest BCUT2D eigenvalue weighted by molar-refractivity contribution is 5.94. The van der Waals surface area contributed by atoms with Crippen molar-refractivity contribution in [2.75, 3.05) is 11.9 Å². The summed E-state index contributed by atoms with van der Waals surface area (Å²) >= 11 is 0. The van der Waals surface area contributed by atoms with Crippen molar-refractivity contribution in [3.8, 4) is 0 Å². The SMILES string of the molecule is O=C(COC(=O)c1ccc([N+](=O)[O-])o1)Nc1c(F)c(F)c(F)c(F)c1F. The molecule has 0 saturated heterocycles. The van der Waals surface area contributed by atoms with E-state index in [0.29, 0.717) is 0 Å². The van der Waals surface area contributed by atoms with E-state index in [1.165, 1.54) is 5.32 Å². The Morgan fingerprint density at radius 3 is 2.08 bits per heavy atom. The molecule has 0 aliphatic carbocycles. The Morgan fingerprint density at radius 2 is 1.58 bits per heavy atom. The minimum Gasteiger partial charge on any atom is -0.450 e. The maximum Gasteiger partial charge on any atom is 0.433 e. The highest BCUT2D eigenvalue weighted by Gasteiger charge is 2.27. The minimum absolute atomic E-state index is 0.652. The molecule has 1 amide bonds. The van der Waals surface area contributed by atoms with E-state index in [9.17, 15) is 41.7 Å². The number of hydrogen-bond acceptors (Lipinski definition) is 6. The average Bonchev–Trinajstić information content (AvgIpc) is 3.10. The number of esters is 1. The van der Waals surface area contributed by atoms with Gasteiger partial charge in [0.15, 0.2) is 29.9 Å². The standard InChI is InChI=1S/C13H5F5N2O6/c14-7-8(15)10(17)12(11(18)9(7)16)19-5(21)3-25-13(22)4-1-2-6(26-4)20(23)24/h1-2H,3H2,(H,19,21). The van der Waals surface area contributed by atoms with Crippen LogP contribution in [0.1, 0.15) is 10.6 Å². The first kappa shape index (κ1) is 18.8. The van der Waals surface area contributed by atoms with Gasteiger partial charge in [0.2, 0.25) is 11.6 Å². The average molecular weight is 380 g/mol. The third-order valence-corrected chi connectivity index (χ3v) is 2.78. The lowest BCUT2D eigenvalue weighted by molar-refractivity contribution is -0.402. The van der Waals surface area contributed by atoms with Gasteiger partial charge in [0, 0.05) is 0 Å². The zero-order chi connectivity index (χ0) is 19.6. The van der Waals surface area contributed by atoms with Gasteiger partial charge in [-0.05, 0) is 6.07 Å². The summed E-state index contributed by atoms with van der Waals surface area (Å²) in [5, 5.41) is 11.8. The predicted molar refractivity (Wildman–Crippen MR) is 70.5 cm³/mol. The number of hydrogen-bond donors (Lipinski definition) is 1. The van der Waals surface area contributed by atoms with Crippen molar-refractivity contribution in [1.82, 2.24) is 0 Å². The number of benzene rings is 1. The fraction of sp³-hybridized carbons (Fsp3) is 0.0769. The van der Waals surface area contributed by atoms with Gasteiger partial charge < -0.3 is 14.5 Å². The summed E-state index contributed by atoms with van der Waals surface area (Å²) in [4.78, 5) is 32.4. The van der Waals surface area contributed by atoms with Crippen LogP contribution >= 0.6 is 0 Å². The van der Waals surface area contributed by atoms with Crippen LogP contribution in [0.3, 0.4) is 0 Å². The van der Waals surface area contributed by atoms with E-state index in [0.717, 1.165) is 12.1 Å². The highest BCUT2D eigenvalue weighted by Crippen LogP contribution is 2.27. The summed E-state index contributed by atoms with van der Waals surface area (Å²) in [7, 11) is 0. The summed E-state index contributed by atoms with van der Waals surface area (Å²) in [6.45, 7) is -1.20. The van der Waals surface area contributed by atoms with Crippen molar-refractivity contribution < 1.29 is 45.6 Å². The predicted octanol–water partition coefficient (Wildman–Crippen LogP) is 2.68. The van der Waals surface area contributed by atoms with Gasteiger partial charge in [0.25, 0.3) is 5.91 Å². The molecular weight excluding hydrogens is 375 g/mol. The monoisotopic (exact) mass is 380 g/mol. The van der Waals surface area contributed by atoms with Gasteiger partial charge >= 0.3 is 11.9 Å². The molecule has 0 aliphatic heterocycles. The lowest BCUT2D eigenvalue weighted by Crippen LogP contribution is -2.23. The molecule has 26 heavy (non-hydrogen) atoms. The van der Waals surface area contributed by atoms with Crippen LogP contribution in [-0.2, 0) is 9.53 Å². The first-order chi connectivity index (χ1) is 12.1. The zero-order valence-corrected chi connectivity index (χ0v) is 12.1. The minimum atomic E-state index is -2.41. The number of halogens is 5. The summed E-state index contributed by atoms with van der Waals surface area (Å²) < 4.78 is 74.4. The topological polar surface area (TPSA) is 112 Å². The fourth-order valence-electron chi connectivity index (χ4n) is 1.63. The van der Waals surface area contributed by atoms with Crippen molar-refractivity contribution in [1.29, 1.82) is 0 Å². The van der Waals surface area contributed by atoms with Crippen LogP contribution in [0.5, 0.6) is 0 Å². The molecule has 0 aliphatic rings. The van der Waals surface area contributed by atoms with Gasteiger partial charge in [-0.2, -0.15) is 0 Å². The molecule has 0 atom stereocenters. The number of rotatable bonds is 5. The molecule has 138 valence electrons. The molecule has 1 aromatic carbocycles. The third-order valence-electron chi connectivity index (χ3n) is 2.78. The van der Waals surface area contributed by atoms with Gasteiger partial charge in [-0.15, -0.1) is 0 Å². The molecule has 1 N–H and O–H groups in total. The molecule has 0 unspecified atom stereocenters. The van der Waals surface area contributed by atoms with E-state index < -0.39 is 69.8 Å². The summed E-state index contributed by atoms with van der Waals surface area (Å²) in [5.74, 6) is -15.8. The smallest absolute Gasteiger partial charge is 0.433 e. The van der Waals surface area contributed by atoms with Gasteiger partial charge in [-0.25, -0.2) is 26.7 Å². The van der Waals surface area contributed by atoms with Gasteiger partial charge in [0.1, 0.15) is 10.6 Å². The van der Waals surface area contributed by atoms with Crippen LogP contribution < -0.4 is 5.32 Å². The number of nitrogens with one attached hydrogen (secondary N) is 1. The summed E-state index contributed by atoms with van der Waals surface area (Å²) in [6.07, 6.45) is 0. The van der Waals surface area contributed by atoms with Gasteiger partial charge in [0.05, 0.1) is 6.07 Å². The number of ether oxygens (including phenoxy) is 1. The molecule has 0 radical (unpaired) electrons. The maximum atomic E-state index is 13.4. The van der Waals surface area contributed by atoms with Crippen molar-refractivity contribution in [3.05, 3.63) is 57.1 Å². The van der Waals surface area contributed by atoms with Crippen molar-refractivity contribution in [3.63, 3.8) is 0 Å². The quantitative estimate of drug-likeness (QED) is 0.213. The Morgan fingerprint density at radius 1 is 1.04 bits per heavy atom. The number of nitrogens with zero attached hydrogens (tertiary/aromatic N) is 1. The number of amides is 1. The van der Waals surface area contributed by atoms with Crippen molar-refractivity contribution in [2.24, 2.45) is 0 Å². The number of carbonyl (C=O) groups is 2. The van der Waals surface area contributed by atoms with Gasteiger partial charge in [-0.3, -0.25) is 14.9 Å². The molecule has 0 fully saturated rings. The van der Waals surface area contributed by atoms with E-state index in [4.69, 9.17) is 0 Å². The molecule has 2 rings (SSSR count). The molecule has 2 aromatic rings. The summed E-state index contributed by atoms with van der Waals surface area (Å²) in [6, 6.07) is 1.69. The summed E-state index contributed by atoms with van der Waals surface area (Å²) in [5.41, 5.74) is -1.63. The molecule has 0 saturated carbocycles. The van der Waals surface area contributed by atoms with E-state index in [2.05, 4.69) is 9.15 Å². The molecule has 8 nitrogen and oxygen atoms in total. The number of carbonyl (C=O) groups excluding carboxylic acids is 2. The largest absolute Gasteiger partial charge is 0.450 e. The second-order valence-corrected chi connectivity index (χ2v) is 4.46. The van der Waals surface area contributed by atoms with Crippen LogP contribution in [0.2, 0.25) is 0 Å². The van der Waals surface area contributed by atoms with Crippen LogP contribution in [-0.4, -0.2) is 23.4 Å². The van der Waals surface area contributed by atoms with E-state index >= 15 is 0 Å². The maximum absolute atomic E-state index is 13.4. The van der Waals surface area contributed by atoms with Crippen LogP contribution in [0, 0.1) is 39.2 Å². The molecule has 13 heteroatoms. The zero-order valence-electron chi connectivity index (χ0n) is 12.1. The molecular formula is C13H5F5N2O6.